The molecule has 0 unspecified atom stereocenters. The van der Waals surface area contributed by atoms with Crippen molar-refractivity contribution in [3.63, 3.8) is 0 Å². The highest BCUT2D eigenvalue weighted by atomic mass is 32.2. The van der Waals surface area contributed by atoms with Crippen LogP contribution in [0.1, 0.15) is 49.4 Å². The topological polar surface area (TPSA) is 115 Å². The first-order valence-corrected chi connectivity index (χ1v) is 8.36. The van der Waals surface area contributed by atoms with Gasteiger partial charge < -0.3 is 10.1 Å². The average Bonchev–Trinajstić information content (AvgIpc) is 2.85. The fourth-order valence-electron chi connectivity index (χ4n) is 2.47. The van der Waals surface area contributed by atoms with Crippen LogP contribution in [0.15, 0.2) is 6.20 Å². The summed E-state index contributed by atoms with van der Waals surface area (Å²) in [4.78, 5) is 17.7. The van der Waals surface area contributed by atoms with Gasteiger partial charge in [-0.2, -0.15) is 17.4 Å². The molecule has 1 saturated carbocycles. The van der Waals surface area contributed by atoms with Crippen LogP contribution in [0, 0.1) is 0 Å². The zero-order valence-electron chi connectivity index (χ0n) is 12.1. The van der Waals surface area contributed by atoms with E-state index in [9.17, 15) is 13.2 Å². The van der Waals surface area contributed by atoms with Crippen LogP contribution in [0.25, 0.3) is 0 Å². The van der Waals surface area contributed by atoms with E-state index < -0.39 is 21.7 Å². The molecule has 1 aromatic heterocycles. The van der Waals surface area contributed by atoms with Gasteiger partial charge in [0, 0.05) is 13.1 Å². The van der Waals surface area contributed by atoms with Gasteiger partial charge in [0.1, 0.15) is 11.5 Å². The van der Waals surface area contributed by atoms with E-state index >= 15 is 0 Å². The Kier molecular flexibility index (Phi) is 4.35. The molecule has 2 rings (SSSR count). The average molecular weight is 316 g/mol. The number of nitrogens with zero attached hydrogens (tertiary/aromatic N) is 2. The third-order valence-corrected chi connectivity index (χ3v) is 5.68. The Hall–Kier alpha value is -1.45. The van der Waals surface area contributed by atoms with Crippen LogP contribution < -0.4 is 4.72 Å². The number of hydrogen-bond acceptors (Lipinski definition) is 4. The summed E-state index contributed by atoms with van der Waals surface area (Å²) >= 11 is 0. The summed E-state index contributed by atoms with van der Waals surface area (Å²) in [7, 11) is -3.62. The highest BCUT2D eigenvalue weighted by Gasteiger charge is 2.45. The van der Waals surface area contributed by atoms with E-state index in [1.54, 1.807) is 13.8 Å². The first-order valence-electron chi connectivity index (χ1n) is 6.92. The lowest BCUT2D eigenvalue weighted by Crippen LogP contribution is -2.55. The fraction of sp³-hybridized carbons (Fsp3) is 0.667. The lowest BCUT2D eigenvalue weighted by atomic mass is 9.77. The van der Waals surface area contributed by atoms with Crippen molar-refractivity contribution in [2.24, 2.45) is 0 Å². The molecule has 0 saturated heterocycles. The SMILES string of the molecule is CCN(CC)S(=O)(=O)NC1(c2ncc(C(=O)O)[nH]2)CCC1. The number of carboxylic acid groups (broad SMARTS) is 1. The number of hydrogen-bond donors (Lipinski definition) is 3. The van der Waals surface area contributed by atoms with Gasteiger partial charge in [-0.05, 0) is 19.3 Å². The van der Waals surface area contributed by atoms with Crippen molar-refractivity contribution in [2.75, 3.05) is 13.1 Å². The van der Waals surface area contributed by atoms with Gasteiger partial charge in [0.25, 0.3) is 10.2 Å². The first kappa shape index (κ1) is 15.9. The van der Waals surface area contributed by atoms with Gasteiger partial charge in [-0.25, -0.2) is 9.78 Å². The van der Waals surface area contributed by atoms with E-state index in [4.69, 9.17) is 5.11 Å². The van der Waals surface area contributed by atoms with Crippen molar-refractivity contribution in [1.82, 2.24) is 19.0 Å². The Bertz CT molecular complexity index is 617. The van der Waals surface area contributed by atoms with Gasteiger partial charge in [0.05, 0.1) is 11.7 Å². The van der Waals surface area contributed by atoms with E-state index in [1.165, 1.54) is 10.5 Å². The van der Waals surface area contributed by atoms with Gasteiger partial charge in [-0.15, -0.1) is 0 Å². The summed E-state index contributed by atoms with van der Waals surface area (Å²) in [6.45, 7) is 4.29. The summed E-state index contributed by atoms with van der Waals surface area (Å²) in [5.41, 5.74) is -0.868. The van der Waals surface area contributed by atoms with Crippen LogP contribution >= 0.6 is 0 Å². The second kappa shape index (κ2) is 5.74. The molecule has 0 spiro atoms. The number of carbonyl (C=O) groups is 1. The van der Waals surface area contributed by atoms with Gasteiger partial charge in [-0.1, -0.05) is 13.8 Å². The molecule has 9 heteroatoms. The van der Waals surface area contributed by atoms with E-state index in [1.807, 2.05) is 0 Å². The van der Waals surface area contributed by atoms with E-state index in [0.29, 0.717) is 31.8 Å². The van der Waals surface area contributed by atoms with Gasteiger partial charge in [-0.3, -0.25) is 0 Å². The molecule has 1 fully saturated rings. The standard InChI is InChI=1S/C12H20N4O4S/c1-3-16(4-2)21(19,20)15-12(6-5-7-12)11-13-8-9(14-11)10(17)18/h8,15H,3-7H2,1-2H3,(H,13,14)(H,17,18). The molecule has 118 valence electrons. The minimum Gasteiger partial charge on any atom is -0.477 e. The molecule has 1 aromatic rings. The minimum atomic E-state index is -3.62. The lowest BCUT2D eigenvalue weighted by Gasteiger charge is -2.41. The van der Waals surface area contributed by atoms with Crippen LogP contribution in [0.4, 0.5) is 0 Å². The molecule has 0 amide bonds. The Morgan fingerprint density at radius 1 is 1.48 bits per heavy atom. The molecule has 1 aliphatic rings. The zero-order valence-corrected chi connectivity index (χ0v) is 12.9. The maximum Gasteiger partial charge on any atom is 0.353 e. The third kappa shape index (κ3) is 2.94. The Morgan fingerprint density at radius 3 is 2.48 bits per heavy atom. The second-order valence-corrected chi connectivity index (χ2v) is 6.75. The molecular formula is C12H20N4O4S. The van der Waals surface area contributed by atoms with Crippen LogP contribution in [0.5, 0.6) is 0 Å². The van der Waals surface area contributed by atoms with Crippen LogP contribution in [0.3, 0.4) is 0 Å². The fourth-order valence-corrected chi connectivity index (χ4v) is 4.07. The molecule has 1 aliphatic carbocycles. The Balaban J connectivity index is 2.27. The molecule has 0 bridgehead atoms. The largest absolute Gasteiger partial charge is 0.477 e. The minimum absolute atomic E-state index is 0.0432. The second-order valence-electron chi connectivity index (χ2n) is 5.08. The molecule has 1 heterocycles. The number of rotatable bonds is 7. The summed E-state index contributed by atoms with van der Waals surface area (Å²) in [6, 6.07) is 0. The van der Waals surface area contributed by atoms with Crippen LogP contribution in [-0.2, 0) is 15.7 Å². The molecule has 0 aromatic carbocycles. The van der Waals surface area contributed by atoms with E-state index in [0.717, 1.165) is 6.42 Å². The highest BCUT2D eigenvalue weighted by Crippen LogP contribution is 2.40. The lowest BCUT2D eigenvalue weighted by molar-refractivity contribution is 0.0690. The zero-order chi connectivity index (χ0) is 15.7. The van der Waals surface area contributed by atoms with Crippen LogP contribution in [-0.4, -0.2) is 46.9 Å². The molecule has 8 nitrogen and oxygen atoms in total. The quantitative estimate of drug-likeness (QED) is 0.683. The van der Waals surface area contributed by atoms with Crippen LogP contribution in [0.2, 0.25) is 0 Å². The van der Waals surface area contributed by atoms with Crippen molar-refractivity contribution in [3.8, 4) is 0 Å². The maximum absolute atomic E-state index is 12.4. The van der Waals surface area contributed by atoms with Crippen molar-refractivity contribution < 1.29 is 18.3 Å². The molecule has 0 aliphatic heterocycles. The molecule has 0 atom stereocenters. The number of aromatic amines is 1. The predicted molar refractivity (Wildman–Crippen MR) is 76.1 cm³/mol. The summed E-state index contributed by atoms with van der Waals surface area (Å²) in [6.07, 6.45) is 3.27. The number of H-pyrrole nitrogens is 1. The molecular weight excluding hydrogens is 296 g/mol. The maximum atomic E-state index is 12.4. The van der Waals surface area contributed by atoms with E-state index in [-0.39, 0.29) is 5.69 Å². The summed E-state index contributed by atoms with van der Waals surface area (Å²) < 4.78 is 28.8. The smallest absolute Gasteiger partial charge is 0.353 e. The number of aromatic nitrogens is 2. The molecule has 0 radical (unpaired) electrons. The molecule has 21 heavy (non-hydrogen) atoms. The van der Waals surface area contributed by atoms with Crippen molar-refractivity contribution in [1.29, 1.82) is 0 Å². The Labute approximate surface area is 123 Å². The number of imidazole rings is 1. The van der Waals surface area contributed by atoms with Crippen molar-refractivity contribution >= 4 is 16.2 Å². The number of carboxylic acids is 1. The molecule has 3 N–H and O–H groups in total. The third-order valence-electron chi connectivity index (χ3n) is 3.84. The monoisotopic (exact) mass is 316 g/mol. The number of aromatic carboxylic acids is 1. The predicted octanol–water partition coefficient (Wildman–Crippen LogP) is 0.663. The Morgan fingerprint density at radius 2 is 2.10 bits per heavy atom. The summed E-state index contributed by atoms with van der Waals surface area (Å²) in [5.74, 6) is -0.753. The van der Waals surface area contributed by atoms with E-state index in [2.05, 4.69) is 14.7 Å². The first-order chi connectivity index (χ1) is 9.84. The normalized spacial score (nSPS) is 17.7. The van der Waals surface area contributed by atoms with Crippen molar-refractivity contribution in [2.45, 2.75) is 38.6 Å². The van der Waals surface area contributed by atoms with Crippen molar-refractivity contribution in [3.05, 3.63) is 17.7 Å². The van der Waals surface area contributed by atoms with Gasteiger partial charge in [0.15, 0.2) is 0 Å². The highest BCUT2D eigenvalue weighted by molar-refractivity contribution is 7.87. The van der Waals surface area contributed by atoms with Gasteiger partial charge >= 0.3 is 5.97 Å². The summed E-state index contributed by atoms with van der Waals surface area (Å²) in [5, 5.41) is 8.93. The van der Waals surface area contributed by atoms with Gasteiger partial charge in [0.2, 0.25) is 0 Å². The number of nitrogens with one attached hydrogen (secondary N) is 2.